The maximum atomic E-state index is 11.0. The Morgan fingerprint density at radius 1 is 1.54 bits per heavy atom. The topological polar surface area (TPSA) is 17.1 Å². The summed E-state index contributed by atoms with van der Waals surface area (Å²) in [6, 6.07) is 6.04. The Labute approximate surface area is 91.0 Å². The molecule has 1 nitrogen and oxygen atoms in total. The highest BCUT2D eigenvalue weighted by Crippen LogP contribution is 2.24. The Hall–Kier alpha value is -0.280. The second kappa shape index (κ2) is 4.82. The van der Waals surface area contributed by atoms with Crippen molar-refractivity contribution in [3.8, 4) is 0 Å². The molecule has 0 amide bonds. The highest BCUT2D eigenvalue weighted by atomic mass is 79.9. The molecular formula is C10H11BrOS. The molecule has 0 aliphatic heterocycles. The first-order valence-corrected chi connectivity index (χ1v) is 5.97. The van der Waals surface area contributed by atoms with Crippen LogP contribution in [-0.4, -0.2) is 12.0 Å². The van der Waals surface area contributed by atoms with E-state index in [1.165, 1.54) is 4.90 Å². The Morgan fingerprint density at radius 2 is 2.23 bits per heavy atom. The van der Waals surface area contributed by atoms with Crippen molar-refractivity contribution in [1.82, 2.24) is 0 Å². The number of carbonyl (C=O) groups is 1. The van der Waals surface area contributed by atoms with Crippen molar-refractivity contribution in [3.05, 3.63) is 28.2 Å². The van der Waals surface area contributed by atoms with E-state index in [4.69, 9.17) is 0 Å². The van der Waals surface area contributed by atoms with Crippen LogP contribution in [0.25, 0.3) is 0 Å². The zero-order valence-electron chi connectivity index (χ0n) is 7.63. The van der Waals surface area contributed by atoms with E-state index in [0.29, 0.717) is 6.42 Å². The van der Waals surface area contributed by atoms with Crippen LogP contribution in [0.2, 0.25) is 0 Å². The predicted molar refractivity (Wildman–Crippen MR) is 60.3 cm³/mol. The lowest BCUT2D eigenvalue weighted by atomic mass is 10.1. The van der Waals surface area contributed by atoms with Crippen LogP contribution in [0.5, 0.6) is 0 Å². The monoisotopic (exact) mass is 258 g/mol. The van der Waals surface area contributed by atoms with Gasteiger partial charge in [0.05, 0.1) is 0 Å². The van der Waals surface area contributed by atoms with Gasteiger partial charge in [0.25, 0.3) is 0 Å². The molecule has 0 unspecified atom stereocenters. The molecular weight excluding hydrogens is 248 g/mol. The van der Waals surface area contributed by atoms with Crippen LogP contribution < -0.4 is 0 Å². The third kappa shape index (κ3) is 3.16. The van der Waals surface area contributed by atoms with Crippen molar-refractivity contribution >= 4 is 33.5 Å². The maximum Gasteiger partial charge on any atom is 0.134 e. The largest absolute Gasteiger partial charge is 0.300 e. The lowest BCUT2D eigenvalue weighted by molar-refractivity contribution is -0.116. The fraction of sp³-hybridized carbons (Fsp3) is 0.300. The van der Waals surface area contributed by atoms with Crippen LogP contribution in [0.15, 0.2) is 27.6 Å². The maximum absolute atomic E-state index is 11.0. The average molecular weight is 259 g/mol. The van der Waals surface area contributed by atoms with E-state index in [1.54, 1.807) is 18.7 Å². The molecule has 1 aromatic rings. The molecule has 1 aromatic carbocycles. The fourth-order valence-corrected chi connectivity index (χ4v) is 2.16. The summed E-state index contributed by atoms with van der Waals surface area (Å²) in [5.74, 6) is 0.202. The predicted octanol–water partition coefficient (Wildman–Crippen LogP) is 3.30. The minimum absolute atomic E-state index is 0.202. The van der Waals surface area contributed by atoms with Gasteiger partial charge in [-0.15, -0.1) is 11.8 Å². The molecule has 0 aromatic heterocycles. The molecule has 0 bridgehead atoms. The van der Waals surface area contributed by atoms with Gasteiger partial charge in [-0.2, -0.15) is 0 Å². The summed E-state index contributed by atoms with van der Waals surface area (Å²) < 4.78 is 1.03. The van der Waals surface area contributed by atoms with Crippen LogP contribution in [0.4, 0.5) is 0 Å². The van der Waals surface area contributed by atoms with Crippen molar-refractivity contribution in [2.24, 2.45) is 0 Å². The number of hydrogen-bond acceptors (Lipinski definition) is 2. The van der Waals surface area contributed by atoms with Gasteiger partial charge in [0.1, 0.15) is 5.78 Å². The van der Waals surface area contributed by atoms with Gasteiger partial charge in [-0.3, -0.25) is 4.79 Å². The number of Topliss-reactive ketones (excluding diaryl/α,β-unsaturated/α-hetero) is 1. The Bertz CT molecular complexity index is 323. The van der Waals surface area contributed by atoms with E-state index in [2.05, 4.69) is 15.9 Å². The number of rotatable bonds is 3. The fourth-order valence-electron chi connectivity index (χ4n) is 1.15. The molecule has 0 spiro atoms. The van der Waals surface area contributed by atoms with Crippen LogP contribution in [0.3, 0.4) is 0 Å². The highest BCUT2D eigenvalue weighted by Gasteiger charge is 2.04. The van der Waals surface area contributed by atoms with E-state index >= 15 is 0 Å². The zero-order chi connectivity index (χ0) is 9.84. The van der Waals surface area contributed by atoms with Crippen molar-refractivity contribution in [2.75, 3.05) is 6.26 Å². The highest BCUT2D eigenvalue weighted by molar-refractivity contribution is 9.10. The van der Waals surface area contributed by atoms with Gasteiger partial charge in [-0.25, -0.2) is 0 Å². The van der Waals surface area contributed by atoms with Crippen LogP contribution >= 0.6 is 27.7 Å². The number of ketones is 1. The van der Waals surface area contributed by atoms with Crippen molar-refractivity contribution in [1.29, 1.82) is 0 Å². The van der Waals surface area contributed by atoms with Crippen molar-refractivity contribution in [3.63, 3.8) is 0 Å². The normalized spacial score (nSPS) is 10.1. The molecule has 0 atom stereocenters. The molecule has 3 heteroatoms. The van der Waals surface area contributed by atoms with Gasteiger partial charge in [0.15, 0.2) is 0 Å². The van der Waals surface area contributed by atoms with E-state index < -0.39 is 0 Å². The van der Waals surface area contributed by atoms with Crippen molar-refractivity contribution in [2.45, 2.75) is 18.2 Å². The van der Waals surface area contributed by atoms with Gasteiger partial charge in [-0.1, -0.05) is 15.9 Å². The number of halogens is 1. The second-order valence-electron chi connectivity index (χ2n) is 2.83. The lowest BCUT2D eigenvalue weighted by Crippen LogP contribution is -1.97. The van der Waals surface area contributed by atoms with Crippen LogP contribution in [0.1, 0.15) is 12.5 Å². The van der Waals surface area contributed by atoms with Gasteiger partial charge < -0.3 is 0 Å². The third-order valence-corrected chi connectivity index (χ3v) is 3.01. The summed E-state index contributed by atoms with van der Waals surface area (Å²) in [5.41, 5.74) is 1.11. The van der Waals surface area contributed by atoms with E-state index in [1.807, 2.05) is 24.5 Å². The van der Waals surface area contributed by atoms with E-state index in [0.717, 1.165) is 10.0 Å². The number of thioether (sulfide) groups is 1. The third-order valence-electron chi connectivity index (χ3n) is 1.68. The number of hydrogen-bond donors (Lipinski definition) is 0. The molecule has 70 valence electrons. The summed E-state index contributed by atoms with van der Waals surface area (Å²) >= 11 is 5.07. The first-order chi connectivity index (χ1) is 6.13. The van der Waals surface area contributed by atoms with Crippen LogP contribution in [-0.2, 0) is 11.2 Å². The Balaban J connectivity index is 3.01. The summed E-state index contributed by atoms with van der Waals surface area (Å²) in [5, 5.41) is 0. The average Bonchev–Trinajstić information content (AvgIpc) is 2.03. The summed E-state index contributed by atoms with van der Waals surface area (Å²) in [4.78, 5) is 12.1. The molecule has 0 fully saturated rings. The molecule has 0 aliphatic carbocycles. The Kier molecular flexibility index (Phi) is 4.00. The van der Waals surface area contributed by atoms with E-state index in [-0.39, 0.29) is 5.78 Å². The zero-order valence-corrected chi connectivity index (χ0v) is 10.0. The summed E-state index contributed by atoms with van der Waals surface area (Å²) in [7, 11) is 0. The second-order valence-corrected chi connectivity index (χ2v) is 4.60. The lowest BCUT2D eigenvalue weighted by Gasteiger charge is -2.05. The summed E-state index contributed by atoms with van der Waals surface area (Å²) in [6.07, 6.45) is 2.54. The van der Waals surface area contributed by atoms with Gasteiger partial charge >= 0.3 is 0 Å². The minimum Gasteiger partial charge on any atom is -0.300 e. The molecule has 0 N–H and O–H groups in total. The van der Waals surface area contributed by atoms with Gasteiger partial charge in [0, 0.05) is 15.8 Å². The molecule has 0 saturated carbocycles. The molecule has 1 rings (SSSR count). The quantitative estimate of drug-likeness (QED) is 0.775. The van der Waals surface area contributed by atoms with Crippen LogP contribution in [0, 0.1) is 0 Å². The SMILES string of the molecule is CSc1ccc(Br)cc1CC(C)=O. The molecule has 0 aliphatic rings. The standard InChI is InChI=1S/C10H11BrOS/c1-7(12)5-8-6-9(11)3-4-10(8)13-2/h3-4,6H,5H2,1-2H3. The molecule has 0 heterocycles. The summed E-state index contributed by atoms with van der Waals surface area (Å²) in [6.45, 7) is 1.62. The number of benzene rings is 1. The first kappa shape index (κ1) is 10.8. The molecule has 0 saturated heterocycles. The van der Waals surface area contributed by atoms with Gasteiger partial charge in [-0.05, 0) is 36.9 Å². The van der Waals surface area contributed by atoms with Crippen molar-refractivity contribution < 1.29 is 4.79 Å². The molecule has 13 heavy (non-hydrogen) atoms. The minimum atomic E-state index is 0.202. The van der Waals surface area contributed by atoms with Gasteiger partial charge in [0.2, 0.25) is 0 Å². The number of carbonyl (C=O) groups excluding carboxylic acids is 1. The Morgan fingerprint density at radius 3 is 2.77 bits per heavy atom. The first-order valence-electron chi connectivity index (χ1n) is 3.95. The van der Waals surface area contributed by atoms with E-state index in [9.17, 15) is 4.79 Å². The molecule has 0 radical (unpaired) electrons. The smallest absolute Gasteiger partial charge is 0.134 e.